The van der Waals surface area contributed by atoms with Crippen molar-refractivity contribution in [2.24, 2.45) is 10.9 Å². The van der Waals surface area contributed by atoms with E-state index in [4.69, 9.17) is 16.7 Å². The van der Waals surface area contributed by atoms with Crippen LogP contribution in [0.2, 0.25) is 5.02 Å². The van der Waals surface area contributed by atoms with Gasteiger partial charge in [0, 0.05) is 37.8 Å². The molecule has 154 valence electrons. The molecule has 1 aromatic rings. The third kappa shape index (κ3) is 9.41. The standard InChI is InChI=1S/C18H31ClN4O3S/c1-3-6-15(9-12-24)14-22-18(20-4-2)21-10-11-23-27(25,26)17-8-5-7-16(19)13-17/h5,7-8,13,15,23-24H,3-4,6,9-12,14H2,1-2H3,(H2,20,21,22). The Kier molecular flexibility index (Phi) is 11.3. The van der Waals surface area contributed by atoms with E-state index in [0.29, 0.717) is 36.5 Å². The van der Waals surface area contributed by atoms with Gasteiger partial charge in [0.2, 0.25) is 10.0 Å². The molecular formula is C18H31ClN4O3S. The smallest absolute Gasteiger partial charge is 0.240 e. The molecule has 0 bridgehead atoms. The zero-order chi connectivity index (χ0) is 20.1. The minimum atomic E-state index is -3.60. The molecule has 1 aromatic carbocycles. The molecule has 0 amide bonds. The number of aliphatic hydroxyl groups excluding tert-OH is 1. The second-order valence-corrected chi connectivity index (χ2v) is 8.37. The van der Waals surface area contributed by atoms with Crippen molar-refractivity contribution in [2.75, 3.05) is 32.8 Å². The number of aliphatic imine (C=N–C) groups is 1. The summed E-state index contributed by atoms with van der Waals surface area (Å²) in [5, 5.41) is 15.8. The van der Waals surface area contributed by atoms with Crippen LogP contribution in [0.25, 0.3) is 0 Å². The Labute approximate surface area is 167 Å². The Morgan fingerprint density at radius 3 is 2.63 bits per heavy atom. The van der Waals surface area contributed by atoms with Crippen molar-refractivity contribution in [3.8, 4) is 0 Å². The van der Waals surface area contributed by atoms with Crippen LogP contribution < -0.4 is 15.4 Å². The molecule has 0 heterocycles. The number of nitrogens with one attached hydrogen (secondary N) is 3. The van der Waals surface area contributed by atoms with E-state index < -0.39 is 10.0 Å². The number of hydrogen-bond donors (Lipinski definition) is 4. The molecule has 0 aliphatic carbocycles. The van der Waals surface area contributed by atoms with Crippen molar-refractivity contribution in [1.29, 1.82) is 0 Å². The van der Waals surface area contributed by atoms with Crippen LogP contribution in [0.3, 0.4) is 0 Å². The molecule has 0 aliphatic heterocycles. The van der Waals surface area contributed by atoms with Crippen LogP contribution >= 0.6 is 11.6 Å². The maximum absolute atomic E-state index is 12.2. The Balaban J connectivity index is 2.53. The first kappa shape index (κ1) is 23.7. The van der Waals surface area contributed by atoms with Gasteiger partial charge >= 0.3 is 0 Å². The van der Waals surface area contributed by atoms with Crippen LogP contribution in [0, 0.1) is 5.92 Å². The van der Waals surface area contributed by atoms with Crippen molar-refractivity contribution in [3.63, 3.8) is 0 Å². The largest absolute Gasteiger partial charge is 0.396 e. The number of nitrogens with zero attached hydrogens (tertiary/aromatic N) is 1. The molecule has 0 spiro atoms. The molecule has 9 heteroatoms. The van der Waals surface area contributed by atoms with Crippen LogP contribution in [0.4, 0.5) is 0 Å². The number of aliphatic hydroxyl groups is 1. The third-order valence-electron chi connectivity index (χ3n) is 3.90. The maximum atomic E-state index is 12.2. The summed E-state index contributed by atoms with van der Waals surface area (Å²) in [4.78, 5) is 4.68. The Morgan fingerprint density at radius 2 is 2.00 bits per heavy atom. The molecule has 7 nitrogen and oxygen atoms in total. The first-order valence-corrected chi connectivity index (χ1v) is 11.2. The first-order valence-electron chi connectivity index (χ1n) is 9.31. The summed E-state index contributed by atoms with van der Waals surface area (Å²) in [5.41, 5.74) is 0. The highest BCUT2D eigenvalue weighted by Crippen LogP contribution is 2.15. The summed E-state index contributed by atoms with van der Waals surface area (Å²) < 4.78 is 27.0. The molecule has 27 heavy (non-hydrogen) atoms. The lowest BCUT2D eigenvalue weighted by atomic mass is 10.0. The van der Waals surface area contributed by atoms with Crippen molar-refractivity contribution < 1.29 is 13.5 Å². The Morgan fingerprint density at radius 1 is 1.22 bits per heavy atom. The van der Waals surface area contributed by atoms with E-state index in [-0.39, 0.29) is 18.0 Å². The minimum Gasteiger partial charge on any atom is -0.396 e. The highest BCUT2D eigenvalue weighted by molar-refractivity contribution is 7.89. The van der Waals surface area contributed by atoms with E-state index in [0.717, 1.165) is 19.3 Å². The number of rotatable bonds is 12. The highest BCUT2D eigenvalue weighted by atomic mass is 35.5. The molecule has 0 aromatic heterocycles. The van der Waals surface area contributed by atoms with E-state index in [2.05, 4.69) is 27.3 Å². The molecule has 0 saturated heterocycles. The molecule has 1 atom stereocenters. The van der Waals surface area contributed by atoms with Gasteiger partial charge < -0.3 is 15.7 Å². The van der Waals surface area contributed by atoms with E-state index in [1.807, 2.05) is 6.92 Å². The van der Waals surface area contributed by atoms with Crippen LogP contribution in [-0.4, -0.2) is 52.3 Å². The summed E-state index contributed by atoms with van der Waals surface area (Å²) in [6, 6.07) is 6.15. The summed E-state index contributed by atoms with van der Waals surface area (Å²) in [5.74, 6) is 0.982. The topological polar surface area (TPSA) is 103 Å². The lowest BCUT2D eigenvalue weighted by Crippen LogP contribution is -2.41. The molecule has 1 unspecified atom stereocenters. The average Bonchev–Trinajstić information content (AvgIpc) is 2.63. The minimum absolute atomic E-state index is 0.141. The van der Waals surface area contributed by atoms with E-state index in [9.17, 15) is 8.42 Å². The van der Waals surface area contributed by atoms with Gasteiger partial charge in [0.05, 0.1) is 4.90 Å². The van der Waals surface area contributed by atoms with Crippen molar-refractivity contribution in [2.45, 2.75) is 38.0 Å². The number of hydrogen-bond acceptors (Lipinski definition) is 4. The first-order chi connectivity index (χ1) is 12.9. The van der Waals surface area contributed by atoms with Gasteiger partial charge in [0.15, 0.2) is 5.96 Å². The highest BCUT2D eigenvalue weighted by Gasteiger charge is 2.13. The lowest BCUT2D eigenvalue weighted by Gasteiger charge is -2.15. The fourth-order valence-electron chi connectivity index (χ4n) is 2.56. The predicted octanol–water partition coefficient (Wildman–Crippen LogP) is 1.97. The Bertz CT molecular complexity index is 677. The van der Waals surface area contributed by atoms with Gasteiger partial charge in [0.1, 0.15) is 0 Å². The molecule has 0 fully saturated rings. The van der Waals surface area contributed by atoms with Gasteiger partial charge in [-0.2, -0.15) is 0 Å². The van der Waals surface area contributed by atoms with Crippen molar-refractivity contribution in [1.82, 2.24) is 15.4 Å². The van der Waals surface area contributed by atoms with Gasteiger partial charge in [-0.1, -0.05) is 31.0 Å². The quantitative estimate of drug-likeness (QED) is 0.236. The Hall–Kier alpha value is -1.35. The summed E-state index contributed by atoms with van der Waals surface area (Å²) in [6.45, 7) is 6.18. The molecular weight excluding hydrogens is 388 g/mol. The summed E-state index contributed by atoms with van der Waals surface area (Å²) in [7, 11) is -3.60. The second-order valence-electron chi connectivity index (χ2n) is 6.17. The zero-order valence-corrected chi connectivity index (χ0v) is 17.6. The van der Waals surface area contributed by atoms with Crippen LogP contribution in [-0.2, 0) is 10.0 Å². The van der Waals surface area contributed by atoms with E-state index >= 15 is 0 Å². The van der Waals surface area contributed by atoms with Crippen LogP contribution in [0.1, 0.15) is 33.1 Å². The number of sulfonamides is 1. The normalized spacial score (nSPS) is 13.4. The summed E-state index contributed by atoms with van der Waals surface area (Å²) in [6.07, 6.45) is 2.80. The van der Waals surface area contributed by atoms with Gasteiger partial charge in [-0.05, 0) is 43.9 Å². The number of halogens is 1. The SMILES string of the molecule is CCCC(CCO)CN=C(NCC)NCCNS(=O)(=O)c1cccc(Cl)c1. The van der Waals surface area contributed by atoms with Gasteiger partial charge in [-0.3, -0.25) is 4.99 Å². The number of guanidine groups is 1. The van der Waals surface area contributed by atoms with E-state index in [1.165, 1.54) is 12.1 Å². The van der Waals surface area contributed by atoms with Crippen LogP contribution in [0.5, 0.6) is 0 Å². The summed E-state index contributed by atoms with van der Waals surface area (Å²) >= 11 is 5.85. The molecule has 0 radical (unpaired) electrons. The second kappa shape index (κ2) is 12.9. The molecule has 0 saturated carbocycles. The lowest BCUT2D eigenvalue weighted by molar-refractivity contribution is 0.253. The maximum Gasteiger partial charge on any atom is 0.240 e. The zero-order valence-electron chi connectivity index (χ0n) is 16.0. The van der Waals surface area contributed by atoms with E-state index in [1.54, 1.807) is 12.1 Å². The monoisotopic (exact) mass is 418 g/mol. The molecule has 4 N–H and O–H groups in total. The van der Waals surface area contributed by atoms with Gasteiger partial charge in [0.25, 0.3) is 0 Å². The van der Waals surface area contributed by atoms with Crippen LogP contribution in [0.15, 0.2) is 34.2 Å². The van der Waals surface area contributed by atoms with Gasteiger partial charge in [-0.15, -0.1) is 0 Å². The third-order valence-corrected chi connectivity index (χ3v) is 5.60. The van der Waals surface area contributed by atoms with Gasteiger partial charge in [-0.25, -0.2) is 13.1 Å². The molecule has 1 rings (SSSR count). The van der Waals surface area contributed by atoms with Crippen molar-refractivity contribution >= 4 is 27.6 Å². The predicted molar refractivity (Wildman–Crippen MR) is 111 cm³/mol. The molecule has 0 aliphatic rings. The fourth-order valence-corrected chi connectivity index (χ4v) is 3.90. The fraction of sp³-hybridized carbons (Fsp3) is 0.611. The number of benzene rings is 1. The van der Waals surface area contributed by atoms with Crippen molar-refractivity contribution in [3.05, 3.63) is 29.3 Å². The average molecular weight is 419 g/mol.